The van der Waals surface area contributed by atoms with Crippen LogP contribution in [0, 0.1) is 11.7 Å². The van der Waals surface area contributed by atoms with Crippen LogP contribution < -0.4 is 5.32 Å². The number of rotatable bonds is 5. The molecule has 112 valence electrons. The average Bonchev–Trinajstić information content (AvgIpc) is 2.43. The van der Waals surface area contributed by atoms with Crippen molar-refractivity contribution in [1.29, 1.82) is 0 Å². The van der Waals surface area contributed by atoms with E-state index in [1.54, 1.807) is 6.07 Å². The highest BCUT2D eigenvalue weighted by molar-refractivity contribution is 9.10. The fraction of sp³-hybridized carbons (Fsp3) is 0.333. The third-order valence-corrected chi connectivity index (χ3v) is 4.07. The van der Waals surface area contributed by atoms with Crippen molar-refractivity contribution in [1.82, 2.24) is 0 Å². The van der Waals surface area contributed by atoms with Gasteiger partial charge >= 0.3 is 0 Å². The molecule has 0 saturated heterocycles. The van der Waals surface area contributed by atoms with Gasteiger partial charge in [0.15, 0.2) is 0 Å². The molecule has 2 aromatic rings. The SMILES string of the molecule is CC(C)Cc1ccc(C(C)Nc2ccc(Br)c(F)c2)cc1. The molecule has 0 radical (unpaired) electrons. The molecule has 3 heteroatoms. The highest BCUT2D eigenvalue weighted by atomic mass is 79.9. The molecule has 0 amide bonds. The van der Waals surface area contributed by atoms with E-state index in [4.69, 9.17) is 0 Å². The van der Waals surface area contributed by atoms with Crippen molar-refractivity contribution < 1.29 is 4.39 Å². The summed E-state index contributed by atoms with van der Waals surface area (Å²) in [6, 6.07) is 13.9. The summed E-state index contributed by atoms with van der Waals surface area (Å²) in [6.45, 7) is 6.53. The maximum Gasteiger partial charge on any atom is 0.139 e. The first kappa shape index (κ1) is 16.0. The Hall–Kier alpha value is -1.35. The minimum atomic E-state index is -0.250. The van der Waals surface area contributed by atoms with Crippen molar-refractivity contribution in [3.05, 3.63) is 63.9 Å². The molecule has 0 heterocycles. The second kappa shape index (κ2) is 7.08. The molecule has 0 spiro atoms. The van der Waals surface area contributed by atoms with E-state index in [0.717, 1.165) is 12.1 Å². The second-order valence-corrected chi connectivity index (χ2v) is 6.69. The van der Waals surface area contributed by atoms with Crippen LogP contribution in [-0.4, -0.2) is 0 Å². The van der Waals surface area contributed by atoms with Gasteiger partial charge in [-0.15, -0.1) is 0 Å². The molecule has 1 nitrogen and oxygen atoms in total. The fourth-order valence-electron chi connectivity index (χ4n) is 2.33. The lowest BCUT2D eigenvalue weighted by atomic mass is 10.00. The van der Waals surface area contributed by atoms with Gasteiger partial charge in [-0.05, 0) is 64.5 Å². The largest absolute Gasteiger partial charge is 0.378 e. The molecular formula is C18H21BrFN. The van der Waals surface area contributed by atoms with E-state index in [1.165, 1.54) is 17.2 Å². The van der Waals surface area contributed by atoms with Crippen LogP contribution >= 0.6 is 15.9 Å². The van der Waals surface area contributed by atoms with Crippen molar-refractivity contribution in [2.75, 3.05) is 5.32 Å². The molecule has 0 saturated carbocycles. The van der Waals surface area contributed by atoms with Gasteiger partial charge < -0.3 is 5.32 Å². The molecule has 0 aromatic heterocycles. The lowest BCUT2D eigenvalue weighted by Gasteiger charge is -2.16. The van der Waals surface area contributed by atoms with E-state index < -0.39 is 0 Å². The van der Waals surface area contributed by atoms with Gasteiger partial charge in [0.05, 0.1) is 4.47 Å². The summed E-state index contributed by atoms with van der Waals surface area (Å²) in [5.74, 6) is 0.414. The Morgan fingerprint density at radius 3 is 2.29 bits per heavy atom. The first-order valence-corrected chi connectivity index (χ1v) is 8.05. The molecule has 1 N–H and O–H groups in total. The zero-order valence-electron chi connectivity index (χ0n) is 12.7. The first-order chi connectivity index (χ1) is 9.95. The van der Waals surface area contributed by atoms with Crippen molar-refractivity contribution in [2.24, 2.45) is 5.92 Å². The molecule has 2 rings (SSSR count). The quantitative estimate of drug-likeness (QED) is 0.702. The van der Waals surface area contributed by atoms with E-state index in [2.05, 4.69) is 66.3 Å². The van der Waals surface area contributed by atoms with Crippen molar-refractivity contribution in [2.45, 2.75) is 33.2 Å². The van der Waals surface area contributed by atoms with Gasteiger partial charge in [0.25, 0.3) is 0 Å². The number of anilines is 1. The third kappa shape index (κ3) is 4.57. The number of halogens is 2. The zero-order valence-corrected chi connectivity index (χ0v) is 14.2. The standard InChI is InChI=1S/C18H21BrFN/c1-12(2)10-14-4-6-15(7-5-14)13(3)21-16-8-9-17(19)18(20)11-16/h4-9,11-13,21H,10H2,1-3H3. The Morgan fingerprint density at radius 1 is 1.05 bits per heavy atom. The van der Waals surface area contributed by atoms with E-state index >= 15 is 0 Å². The minimum Gasteiger partial charge on any atom is -0.378 e. The van der Waals surface area contributed by atoms with Gasteiger partial charge in [-0.3, -0.25) is 0 Å². The van der Waals surface area contributed by atoms with Gasteiger partial charge in [-0.25, -0.2) is 4.39 Å². The van der Waals surface area contributed by atoms with E-state index in [0.29, 0.717) is 10.4 Å². The molecule has 0 aliphatic carbocycles. The molecule has 0 aliphatic rings. The molecule has 2 aromatic carbocycles. The molecule has 0 bridgehead atoms. The molecule has 21 heavy (non-hydrogen) atoms. The highest BCUT2D eigenvalue weighted by Crippen LogP contribution is 2.24. The Morgan fingerprint density at radius 2 is 1.71 bits per heavy atom. The summed E-state index contributed by atoms with van der Waals surface area (Å²) < 4.78 is 14.0. The van der Waals surface area contributed by atoms with Crippen molar-refractivity contribution >= 4 is 21.6 Å². The lowest BCUT2D eigenvalue weighted by Crippen LogP contribution is -2.07. The fourth-order valence-corrected chi connectivity index (χ4v) is 2.58. The zero-order chi connectivity index (χ0) is 15.4. The van der Waals surface area contributed by atoms with Gasteiger partial charge in [0.1, 0.15) is 5.82 Å². The van der Waals surface area contributed by atoms with E-state index in [1.807, 2.05) is 6.07 Å². The number of benzene rings is 2. The van der Waals surface area contributed by atoms with Crippen LogP contribution in [0.5, 0.6) is 0 Å². The predicted octanol–water partition coefficient (Wildman–Crippen LogP) is 5.96. The second-order valence-electron chi connectivity index (χ2n) is 5.83. The summed E-state index contributed by atoms with van der Waals surface area (Å²) in [5.41, 5.74) is 3.34. The van der Waals surface area contributed by atoms with Gasteiger partial charge in [-0.2, -0.15) is 0 Å². The summed E-state index contributed by atoms with van der Waals surface area (Å²) in [7, 11) is 0. The molecule has 0 aliphatic heterocycles. The maximum absolute atomic E-state index is 13.5. The lowest BCUT2D eigenvalue weighted by molar-refractivity contribution is 0.621. The van der Waals surface area contributed by atoms with Crippen LogP contribution in [0.25, 0.3) is 0 Å². The smallest absolute Gasteiger partial charge is 0.139 e. The van der Waals surface area contributed by atoms with Crippen molar-refractivity contribution in [3.63, 3.8) is 0 Å². The Bertz CT molecular complexity index is 593. The summed E-state index contributed by atoms with van der Waals surface area (Å²) in [5, 5.41) is 3.33. The van der Waals surface area contributed by atoms with E-state index in [-0.39, 0.29) is 11.9 Å². The highest BCUT2D eigenvalue weighted by Gasteiger charge is 2.07. The van der Waals surface area contributed by atoms with Crippen LogP contribution in [0.2, 0.25) is 0 Å². The van der Waals surface area contributed by atoms with Crippen LogP contribution in [0.15, 0.2) is 46.9 Å². The Balaban J connectivity index is 2.05. The minimum absolute atomic E-state index is 0.138. The summed E-state index contributed by atoms with van der Waals surface area (Å²) in [6.07, 6.45) is 1.10. The molecule has 1 atom stereocenters. The topological polar surface area (TPSA) is 12.0 Å². The van der Waals surface area contributed by atoms with Gasteiger partial charge in [0.2, 0.25) is 0 Å². The number of hydrogen-bond donors (Lipinski definition) is 1. The molecule has 0 fully saturated rings. The molecule has 1 unspecified atom stereocenters. The third-order valence-electron chi connectivity index (χ3n) is 3.43. The first-order valence-electron chi connectivity index (χ1n) is 7.26. The van der Waals surface area contributed by atoms with Crippen LogP contribution in [0.1, 0.15) is 37.9 Å². The van der Waals surface area contributed by atoms with Crippen molar-refractivity contribution in [3.8, 4) is 0 Å². The Kier molecular flexibility index (Phi) is 5.40. The Labute approximate surface area is 134 Å². The summed E-state index contributed by atoms with van der Waals surface area (Å²) >= 11 is 3.17. The number of hydrogen-bond acceptors (Lipinski definition) is 1. The van der Waals surface area contributed by atoms with Crippen LogP contribution in [0.4, 0.5) is 10.1 Å². The molecular weight excluding hydrogens is 329 g/mol. The van der Waals surface area contributed by atoms with Crippen LogP contribution in [-0.2, 0) is 6.42 Å². The van der Waals surface area contributed by atoms with Gasteiger partial charge in [-0.1, -0.05) is 38.1 Å². The van der Waals surface area contributed by atoms with Gasteiger partial charge in [0, 0.05) is 11.7 Å². The van der Waals surface area contributed by atoms with Crippen LogP contribution in [0.3, 0.4) is 0 Å². The predicted molar refractivity (Wildman–Crippen MR) is 91.1 cm³/mol. The number of nitrogens with one attached hydrogen (secondary N) is 1. The van der Waals surface area contributed by atoms with E-state index in [9.17, 15) is 4.39 Å². The maximum atomic E-state index is 13.5. The normalized spacial score (nSPS) is 12.5. The average molecular weight is 350 g/mol. The monoisotopic (exact) mass is 349 g/mol. The summed E-state index contributed by atoms with van der Waals surface area (Å²) in [4.78, 5) is 0.